The Morgan fingerprint density at radius 3 is 2.65 bits per heavy atom. The van der Waals surface area contributed by atoms with Gasteiger partial charge in [0, 0.05) is 31.2 Å². The molecule has 1 atom stereocenters. The second kappa shape index (κ2) is 4.85. The van der Waals surface area contributed by atoms with Gasteiger partial charge in [0.1, 0.15) is 0 Å². The van der Waals surface area contributed by atoms with Crippen molar-refractivity contribution in [3.8, 4) is 0 Å². The zero-order valence-electron chi connectivity index (χ0n) is 10.8. The maximum atomic E-state index is 12.4. The van der Waals surface area contributed by atoms with Crippen LogP contribution in [0.25, 0.3) is 0 Å². The van der Waals surface area contributed by atoms with Crippen molar-refractivity contribution in [2.75, 3.05) is 26.3 Å². The summed E-state index contributed by atoms with van der Waals surface area (Å²) in [5, 5.41) is 3.78. The van der Waals surface area contributed by atoms with Gasteiger partial charge >= 0.3 is 0 Å². The minimum Gasteiger partial charge on any atom is -0.311 e. The molecule has 1 spiro atoms. The first-order chi connectivity index (χ1) is 8.34. The molecule has 2 nitrogen and oxygen atoms in total. The lowest BCUT2D eigenvalue weighted by molar-refractivity contribution is 0.0359. The van der Waals surface area contributed by atoms with Gasteiger partial charge < -0.3 is 5.32 Å². The highest BCUT2D eigenvalue weighted by atomic mass is 19.1. The van der Waals surface area contributed by atoms with Crippen LogP contribution < -0.4 is 5.32 Å². The zero-order valence-corrected chi connectivity index (χ0v) is 10.8. The van der Waals surface area contributed by atoms with E-state index in [2.05, 4.69) is 10.2 Å². The highest BCUT2D eigenvalue weighted by molar-refractivity contribution is 5.04. The Balaban J connectivity index is 1.66. The summed E-state index contributed by atoms with van der Waals surface area (Å²) in [6.45, 7) is 3.14. The molecule has 2 aliphatic carbocycles. The average molecular weight is 240 g/mol. The Hall–Kier alpha value is -0.150. The van der Waals surface area contributed by atoms with Crippen LogP contribution in [0.2, 0.25) is 0 Å². The molecule has 1 saturated heterocycles. The number of alkyl halides is 1. The van der Waals surface area contributed by atoms with E-state index in [9.17, 15) is 4.39 Å². The normalized spacial score (nSPS) is 33.4. The minimum absolute atomic E-state index is 0.159. The smallest absolute Gasteiger partial charge is 0.0906 e. The molecule has 0 radical (unpaired) electrons. The Morgan fingerprint density at radius 2 is 2.00 bits per heavy atom. The van der Waals surface area contributed by atoms with E-state index in [0.29, 0.717) is 11.6 Å². The quantitative estimate of drug-likeness (QED) is 0.811. The molecule has 3 fully saturated rings. The molecule has 1 N–H and O–H groups in total. The van der Waals surface area contributed by atoms with E-state index in [1.54, 1.807) is 0 Å². The van der Waals surface area contributed by atoms with Gasteiger partial charge in [0.2, 0.25) is 0 Å². The number of nitrogens with zero attached hydrogens (tertiary/aromatic N) is 1. The maximum Gasteiger partial charge on any atom is 0.0906 e. The van der Waals surface area contributed by atoms with Crippen molar-refractivity contribution >= 4 is 0 Å². The summed E-state index contributed by atoms with van der Waals surface area (Å²) < 4.78 is 12.4. The van der Waals surface area contributed by atoms with Crippen LogP contribution in [0, 0.1) is 5.92 Å². The Bertz CT molecular complexity index is 259. The molecule has 0 aromatic heterocycles. The van der Waals surface area contributed by atoms with Crippen LogP contribution in [-0.4, -0.2) is 42.8 Å². The van der Waals surface area contributed by atoms with Gasteiger partial charge in [-0.3, -0.25) is 9.29 Å². The van der Waals surface area contributed by atoms with Gasteiger partial charge in [-0.25, -0.2) is 0 Å². The van der Waals surface area contributed by atoms with Gasteiger partial charge in [0.05, 0.1) is 6.67 Å². The summed E-state index contributed by atoms with van der Waals surface area (Å²) >= 11 is 0. The molecule has 17 heavy (non-hydrogen) atoms. The van der Waals surface area contributed by atoms with E-state index in [4.69, 9.17) is 0 Å². The standard InChI is InChI=1S/C14H25FN2/c15-8-3-9-17-10-13(12-4-5-12)16-11-14(17)6-1-2-7-14/h12-13,16H,1-11H2. The van der Waals surface area contributed by atoms with E-state index in [1.165, 1.54) is 45.1 Å². The molecule has 3 heteroatoms. The predicted octanol–water partition coefficient (Wildman–Crippen LogP) is 2.34. The molecule has 1 aliphatic heterocycles. The van der Waals surface area contributed by atoms with Gasteiger partial charge in [0.25, 0.3) is 0 Å². The first-order valence-electron chi connectivity index (χ1n) is 7.38. The first kappa shape index (κ1) is 11.9. The lowest BCUT2D eigenvalue weighted by atomic mass is 9.89. The summed E-state index contributed by atoms with van der Waals surface area (Å²) in [4.78, 5) is 2.64. The molecule has 3 rings (SSSR count). The Labute approximate surface area is 104 Å². The molecular weight excluding hydrogens is 215 g/mol. The monoisotopic (exact) mass is 240 g/mol. The van der Waals surface area contributed by atoms with Crippen LogP contribution >= 0.6 is 0 Å². The Morgan fingerprint density at radius 1 is 1.24 bits per heavy atom. The van der Waals surface area contributed by atoms with E-state index in [1.807, 2.05) is 0 Å². The third-order valence-corrected chi connectivity index (χ3v) is 5.07. The van der Waals surface area contributed by atoms with E-state index in [0.717, 1.165) is 25.4 Å². The van der Waals surface area contributed by atoms with Crippen LogP contribution in [0.15, 0.2) is 0 Å². The van der Waals surface area contributed by atoms with E-state index >= 15 is 0 Å². The third-order valence-electron chi connectivity index (χ3n) is 5.07. The van der Waals surface area contributed by atoms with Crippen molar-refractivity contribution < 1.29 is 4.39 Å². The highest BCUT2D eigenvalue weighted by Crippen LogP contribution is 2.41. The number of hydrogen-bond donors (Lipinski definition) is 1. The van der Waals surface area contributed by atoms with Crippen LogP contribution in [0.5, 0.6) is 0 Å². The van der Waals surface area contributed by atoms with Crippen molar-refractivity contribution in [1.29, 1.82) is 0 Å². The second-order valence-corrected chi connectivity index (χ2v) is 6.24. The summed E-state index contributed by atoms with van der Waals surface area (Å²) in [5.74, 6) is 0.918. The van der Waals surface area contributed by atoms with Crippen LogP contribution in [0.4, 0.5) is 4.39 Å². The molecule has 0 bridgehead atoms. The van der Waals surface area contributed by atoms with Gasteiger partial charge in [-0.15, -0.1) is 0 Å². The second-order valence-electron chi connectivity index (χ2n) is 6.24. The number of piperazine rings is 1. The summed E-state index contributed by atoms with van der Waals surface area (Å²) in [7, 11) is 0. The molecule has 3 aliphatic rings. The number of halogens is 1. The average Bonchev–Trinajstić information content (AvgIpc) is 3.10. The summed E-state index contributed by atoms with van der Waals surface area (Å²) in [6.07, 6.45) is 8.90. The van der Waals surface area contributed by atoms with Crippen LogP contribution in [0.3, 0.4) is 0 Å². The van der Waals surface area contributed by atoms with Gasteiger partial charge in [-0.2, -0.15) is 0 Å². The van der Waals surface area contributed by atoms with E-state index in [-0.39, 0.29) is 6.67 Å². The fourth-order valence-corrected chi connectivity index (χ4v) is 3.85. The van der Waals surface area contributed by atoms with Crippen molar-refractivity contribution in [2.24, 2.45) is 5.92 Å². The molecule has 2 saturated carbocycles. The molecule has 98 valence electrons. The molecule has 0 aromatic carbocycles. The fourth-order valence-electron chi connectivity index (χ4n) is 3.85. The van der Waals surface area contributed by atoms with Crippen LogP contribution in [0.1, 0.15) is 44.9 Å². The van der Waals surface area contributed by atoms with Gasteiger partial charge in [0.15, 0.2) is 0 Å². The first-order valence-corrected chi connectivity index (χ1v) is 7.38. The number of nitrogens with one attached hydrogen (secondary N) is 1. The van der Waals surface area contributed by atoms with Gasteiger partial charge in [-0.1, -0.05) is 12.8 Å². The topological polar surface area (TPSA) is 15.3 Å². The molecule has 0 aromatic rings. The zero-order chi connectivity index (χ0) is 11.7. The largest absolute Gasteiger partial charge is 0.311 e. The molecule has 1 unspecified atom stereocenters. The van der Waals surface area contributed by atoms with Crippen LogP contribution in [-0.2, 0) is 0 Å². The molecule has 1 heterocycles. The van der Waals surface area contributed by atoms with Crippen molar-refractivity contribution in [3.05, 3.63) is 0 Å². The third kappa shape index (κ3) is 2.37. The van der Waals surface area contributed by atoms with Crippen molar-refractivity contribution in [2.45, 2.75) is 56.5 Å². The molecular formula is C14H25FN2. The predicted molar refractivity (Wildman–Crippen MR) is 67.9 cm³/mol. The lowest BCUT2D eigenvalue weighted by Gasteiger charge is -2.48. The summed E-state index contributed by atoms with van der Waals surface area (Å²) in [6, 6.07) is 0.695. The minimum atomic E-state index is -0.159. The highest BCUT2D eigenvalue weighted by Gasteiger charge is 2.45. The Kier molecular flexibility index (Phi) is 3.40. The fraction of sp³-hybridized carbons (Fsp3) is 1.00. The molecule has 0 amide bonds. The SMILES string of the molecule is FCCCN1CC(C2CC2)NCC12CCCC2. The lowest BCUT2D eigenvalue weighted by Crippen LogP contribution is -2.64. The van der Waals surface area contributed by atoms with E-state index < -0.39 is 0 Å². The maximum absolute atomic E-state index is 12.4. The van der Waals surface area contributed by atoms with Gasteiger partial charge in [-0.05, 0) is 38.0 Å². The summed E-state index contributed by atoms with van der Waals surface area (Å²) in [5.41, 5.74) is 0.389. The number of hydrogen-bond acceptors (Lipinski definition) is 2. The van der Waals surface area contributed by atoms with Crippen molar-refractivity contribution in [1.82, 2.24) is 10.2 Å². The number of rotatable bonds is 4. The van der Waals surface area contributed by atoms with Crippen molar-refractivity contribution in [3.63, 3.8) is 0 Å².